The Kier molecular flexibility index (Phi) is 4.16. The average molecular weight is 235 g/mol. The van der Waals surface area contributed by atoms with Crippen molar-refractivity contribution in [3.63, 3.8) is 0 Å². The Balaban J connectivity index is 1.91. The predicted molar refractivity (Wildman–Crippen MR) is 69.2 cm³/mol. The minimum absolute atomic E-state index is 0.173. The summed E-state index contributed by atoms with van der Waals surface area (Å²) < 4.78 is 12.8. The molecule has 1 aromatic carbocycles. The maximum absolute atomic E-state index is 12.8. The predicted octanol–water partition coefficient (Wildman–Crippen LogP) is 3.52. The molecule has 17 heavy (non-hydrogen) atoms. The maximum Gasteiger partial charge on any atom is 0.123 e. The molecule has 1 nitrogen and oxygen atoms in total. The summed E-state index contributed by atoms with van der Waals surface area (Å²) in [5.41, 5.74) is 7.44. The van der Waals surface area contributed by atoms with Gasteiger partial charge < -0.3 is 5.73 Å². The van der Waals surface area contributed by atoms with E-state index < -0.39 is 0 Å². The molecule has 0 saturated heterocycles. The lowest BCUT2D eigenvalue weighted by Gasteiger charge is -2.31. The quantitative estimate of drug-likeness (QED) is 0.852. The zero-order valence-electron chi connectivity index (χ0n) is 10.5. The van der Waals surface area contributed by atoms with Crippen LogP contribution in [0.5, 0.6) is 0 Å². The number of rotatable bonds is 3. The van der Waals surface area contributed by atoms with Crippen LogP contribution in [-0.2, 0) is 6.42 Å². The van der Waals surface area contributed by atoms with Crippen molar-refractivity contribution in [1.29, 1.82) is 0 Å². The van der Waals surface area contributed by atoms with Crippen molar-refractivity contribution in [3.05, 3.63) is 35.6 Å². The van der Waals surface area contributed by atoms with E-state index in [-0.39, 0.29) is 11.9 Å². The highest BCUT2D eigenvalue weighted by atomic mass is 19.1. The van der Waals surface area contributed by atoms with Gasteiger partial charge in [0.05, 0.1) is 0 Å². The van der Waals surface area contributed by atoms with Gasteiger partial charge in [0.1, 0.15) is 5.82 Å². The normalized spacial score (nSPS) is 26.8. The second kappa shape index (κ2) is 5.63. The SMILES string of the molecule is CC1CCCC(C(N)Cc2ccc(F)cc2)C1. The molecule has 0 radical (unpaired) electrons. The lowest BCUT2D eigenvalue weighted by Crippen LogP contribution is -2.35. The first kappa shape index (κ1) is 12.6. The fourth-order valence-electron chi connectivity index (χ4n) is 2.93. The number of hydrogen-bond acceptors (Lipinski definition) is 1. The van der Waals surface area contributed by atoms with E-state index in [4.69, 9.17) is 5.73 Å². The highest BCUT2D eigenvalue weighted by Gasteiger charge is 2.24. The Hall–Kier alpha value is -0.890. The van der Waals surface area contributed by atoms with Crippen LogP contribution in [0.15, 0.2) is 24.3 Å². The van der Waals surface area contributed by atoms with Crippen LogP contribution >= 0.6 is 0 Å². The first-order chi connectivity index (χ1) is 8.15. The summed E-state index contributed by atoms with van der Waals surface area (Å²) in [5.74, 6) is 1.28. The minimum Gasteiger partial charge on any atom is -0.327 e. The summed E-state index contributed by atoms with van der Waals surface area (Å²) in [6.07, 6.45) is 6.04. The molecule has 94 valence electrons. The Bertz CT molecular complexity index is 346. The van der Waals surface area contributed by atoms with Crippen molar-refractivity contribution in [3.8, 4) is 0 Å². The van der Waals surface area contributed by atoms with E-state index in [2.05, 4.69) is 6.92 Å². The molecule has 0 aromatic heterocycles. The summed E-state index contributed by atoms with van der Waals surface area (Å²) in [6, 6.07) is 6.96. The maximum atomic E-state index is 12.8. The van der Waals surface area contributed by atoms with Crippen LogP contribution < -0.4 is 5.73 Å². The highest BCUT2D eigenvalue weighted by Crippen LogP contribution is 2.31. The number of benzene rings is 1. The van der Waals surface area contributed by atoms with Gasteiger partial charge >= 0.3 is 0 Å². The first-order valence-electron chi connectivity index (χ1n) is 6.65. The lowest BCUT2D eigenvalue weighted by molar-refractivity contribution is 0.245. The van der Waals surface area contributed by atoms with E-state index in [0.717, 1.165) is 17.9 Å². The van der Waals surface area contributed by atoms with Crippen molar-refractivity contribution < 1.29 is 4.39 Å². The van der Waals surface area contributed by atoms with E-state index >= 15 is 0 Å². The van der Waals surface area contributed by atoms with Gasteiger partial charge in [-0.1, -0.05) is 31.9 Å². The van der Waals surface area contributed by atoms with Gasteiger partial charge in [-0.05, 0) is 48.8 Å². The van der Waals surface area contributed by atoms with Crippen LogP contribution in [0.25, 0.3) is 0 Å². The summed E-state index contributed by atoms with van der Waals surface area (Å²) in [4.78, 5) is 0. The van der Waals surface area contributed by atoms with Crippen molar-refractivity contribution in [2.45, 2.75) is 45.1 Å². The largest absolute Gasteiger partial charge is 0.327 e. The zero-order chi connectivity index (χ0) is 12.3. The summed E-state index contributed by atoms with van der Waals surface area (Å²) in [5, 5.41) is 0. The number of hydrogen-bond donors (Lipinski definition) is 1. The molecule has 0 bridgehead atoms. The standard InChI is InChI=1S/C15H22FN/c1-11-3-2-4-13(9-11)15(17)10-12-5-7-14(16)8-6-12/h5-8,11,13,15H,2-4,9-10,17H2,1H3. The molecule has 2 N–H and O–H groups in total. The van der Waals surface area contributed by atoms with Crippen LogP contribution in [0.2, 0.25) is 0 Å². The molecule has 2 rings (SSSR count). The Morgan fingerprint density at radius 3 is 2.65 bits per heavy atom. The third kappa shape index (κ3) is 3.53. The molecule has 1 saturated carbocycles. The second-order valence-electron chi connectivity index (χ2n) is 5.53. The molecule has 0 heterocycles. The fourth-order valence-corrected chi connectivity index (χ4v) is 2.93. The average Bonchev–Trinajstić information content (AvgIpc) is 2.32. The fraction of sp³-hybridized carbons (Fsp3) is 0.600. The zero-order valence-corrected chi connectivity index (χ0v) is 10.5. The molecule has 1 fully saturated rings. The Morgan fingerprint density at radius 1 is 1.29 bits per heavy atom. The minimum atomic E-state index is -0.173. The molecule has 0 aliphatic heterocycles. The molecule has 2 heteroatoms. The topological polar surface area (TPSA) is 26.0 Å². The Morgan fingerprint density at radius 2 is 2.00 bits per heavy atom. The van der Waals surface area contributed by atoms with Crippen LogP contribution in [0.1, 0.15) is 38.2 Å². The van der Waals surface area contributed by atoms with Gasteiger partial charge in [-0.25, -0.2) is 4.39 Å². The van der Waals surface area contributed by atoms with Crippen LogP contribution in [0.3, 0.4) is 0 Å². The van der Waals surface area contributed by atoms with Gasteiger partial charge in [0.15, 0.2) is 0 Å². The molecule has 3 unspecified atom stereocenters. The number of halogens is 1. The van der Waals surface area contributed by atoms with Crippen molar-refractivity contribution in [2.24, 2.45) is 17.6 Å². The van der Waals surface area contributed by atoms with Gasteiger partial charge in [-0.2, -0.15) is 0 Å². The summed E-state index contributed by atoms with van der Waals surface area (Å²) >= 11 is 0. The molecule has 0 spiro atoms. The third-order valence-electron chi connectivity index (χ3n) is 3.97. The van der Waals surface area contributed by atoms with Gasteiger partial charge in [0.2, 0.25) is 0 Å². The second-order valence-corrected chi connectivity index (χ2v) is 5.53. The smallest absolute Gasteiger partial charge is 0.123 e. The van der Waals surface area contributed by atoms with E-state index in [1.165, 1.54) is 37.8 Å². The molecule has 1 aromatic rings. The third-order valence-corrected chi connectivity index (χ3v) is 3.97. The molecular formula is C15H22FN. The highest BCUT2D eigenvalue weighted by molar-refractivity contribution is 5.17. The van der Waals surface area contributed by atoms with Gasteiger partial charge in [-0.15, -0.1) is 0 Å². The van der Waals surface area contributed by atoms with Gasteiger partial charge in [0, 0.05) is 6.04 Å². The van der Waals surface area contributed by atoms with Crippen molar-refractivity contribution >= 4 is 0 Å². The van der Waals surface area contributed by atoms with E-state index in [1.807, 2.05) is 12.1 Å². The molecule has 3 atom stereocenters. The van der Waals surface area contributed by atoms with E-state index in [9.17, 15) is 4.39 Å². The monoisotopic (exact) mass is 235 g/mol. The molecule has 0 amide bonds. The van der Waals surface area contributed by atoms with Gasteiger partial charge in [-0.3, -0.25) is 0 Å². The van der Waals surface area contributed by atoms with E-state index in [1.54, 1.807) is 0 Å². The summed E-state index contributed by atoms with van der Waals surface area (Å²) in [7, 11) is 0. The van der Waals surface area contributed by atoms with Crippen molar-refractivity contribution in [1.82, 2.24) is 0 Å². The van der Waals surface area contributed by atoms with Crippen molar-refractivity contribution in [2.75, 3.05) is 0 Å². The number of nitrogens with two attached hydrogens (primary N) is 1. The van der Waals surface area contributed by atoms with Crippen LogP contribution in [0.4, 0.5) is 4.39 Å². The van der Waals surface area contributed by atoms with Crippen LogP contribution in [-0.4, -0.2) is 6.04 Å². The van der Waals surface area contributed by atoms with E-state index in [0.29, 0.717) is 5.92 Å². The van der Waals surface area contributed by atoms with Gasteiger partial charge in [0.25, 0.3) is 0 Å². The molecular weight excluding hydrogens is 213 g/mol. The lowest BCUT2D eigenvalue weighted by atomic mass is 9.77. The first-order valence-corrected chi connectivity index (χ1v) is 6.65. The molecule has 1 aliphatic carbocycles. The molecule has 1 aliphatic rings. The van der Waals surface area contributed by atoms with Crippen LogP contribution in [0, 0.1) is 17.7 Å². The Labute approximate surface area is 103 Å². The summed E-state index contributed by atoms with van der Waals surface area (Å²) in [6.45, 7) is 2.32.